The fraction of sp³-hybridized carbons (Fsp3) is 0.500. The number of amides is 1. The molecule has 0 bridgehead atoms. The molecule has 0 aromatic rings. The monoisotopic (exact) mass is 187 g/mol. The van der Waals surface area contributed by atoms with Crippen LogP contribution >= 0.6 is 0 Å². The predicted molar refractivity (Wildman–Crippen MR) is 44.9 cm³/mol. The summed E-state index contributed by atoms with van der Waals surface area (Å²) < 4.78 is 4.58. The van der Waals surface area contributed by atoms with Crippen LogP contribution in [0.3, 0.4) is 0 Å². The second-order valence-corrected chi connectivity index (χ2v) is 2.34. The molecule has 0 fully saturated rings. The molecule has 1 amide bonds. The average Bonchev–Trinajstić information content (AvgIpc) is 2.14. The highest BCUT2D eigenvalue weighted by molar-refractivity contribution is 5.86. The third-order valence-corrected chi connectivity index (χ3v) is 1.36. The van der Waals surface area contributed by atoms with E-state index in [4.69, 9.17) is 5.21 Å². The maximum Gasteiger partial charge on any atom is 0.330 e. The number of esters is 1. The number of carbonyl (C=O) groups excluding carboxylic acids is 2. The lowest BCUT2D eigenvalue weighted by atomic mass is 10.3. The number of ether oxygens (including phenoxy) is 1. The first-order valence-electron chi connectivity index (χ1n) is 3.86. The molecule has 1 atom stereocenters. The molecule has 0 heterocycles. The molecule has 5 heteroatoms. The van der Waals surface area contributed by atoms with Gasteiger partial charge in [0.2, 0.25) is 0 Å². The van der Waals surface area contributed by atoms with Crippen LogP contribution in [-0.2, 0) is 14.3 Å². The van der Waals surface area contributed by atoms with E-state index in [0.717, 1.165) is 6.08 Å². The Balaban J connectivity index is 4.10. The molecule has 0 spiro atoms. The SMILES string of the molecule is C=CC(=O)OC(C)C(=O)N(O)CC. The van der Waals surface area contributed by atoms with E-state index < -0.39 is 18.0 Å². The zero-order valence-electron chi connectivity index (χ0n) is 7.69. The lowest BCUT2D eigenvalue weighted by Crippen LogP contribution is -2.37. The van der Waals surface area contributed by atoms with Crippen LogP contribution in [0.4, 0.5) is 0 Å². The topological polar surface area (TPSA) is 66.8 Å². The Morgan fingerprint density at radius 1 is 1.69 bits per heavy atom. The van der Waals surface area contributed by atoms with E-state index in [1.807, 2.05) is 0 Å². The van der Waals surface area contributed by atoms with Crippen LogP contribution in [0.25, 0.3) is 0 Å². The van der Waals surface area contributed by atoms with E-state index in [1.54, 1.807) is 6.92 Å². The van der Waals surface area contributed by atoms with E-state index >= 15 is 0 Å². The van der Waals surface area contributed by atoms with Gasteiger partial charge >= 0.3 is 5.97 Å². The van der Waals surface area contributed by atoms with Crippen LogP contribution in [0.15, 0.2) is 12.7 Å². The van der Waals surface area contributed by atoms with Crippen LogP contribution in [0.2, 0.25) is 0 Å². The molecule has 0 saturated carbocycles. The molecule has 0 aliphatic heterocycles. The summed E-state index contributed by atoms with van der Waals surface area (Å²) in [5, 5.41) is 9.44. The summed E-state index contributed by atoms with van der Waals surface area (Å²) in [6, 6.07) is 0. The number of carbonyl (C=O) groups is 2. The minimum Gasteiger partial charge on any atom is -0.449 e. The first-order valence-corrected chi connectivity index (χ1v) is 3.86. The molecule has 1 unspecified atom stereocenters. The predicted octanol–water partition coefficient (Wildman–Crippen LogP) is 0.342. The number of hydrogen-bond acceptors (Lipinski definition) is 4. The van der Waals surface area contributed by atoms with E-state index in [0.29, 0.717) is 5.06 Å². The highest BCUT2D eigenvalue weighted by atomic mass is 16.6. The van der Waals surface area contributed by atoms with Gasteiger partial charge in [-0.3, -0.25) is 10.0 Å². The molecule has 0 aromatic heterocycles. The van der Waals surface area contributed by atoms with Gasteiger partial charge in [-0.2, -0.15) is 0 Å². The lowest BCUT2D eigenvalue weighted by Gasteiger charge is -2.17. The van der Waals surface area contributed by atoms with Crippen LogP contribution in [0.5, 0.6) is 0 Å². The molecule has 13 heavy (non-hydrogen) atoms. The van der Waals surface area contributed by atoms with Crippen molar-refractivity contribution in [3.63, 3.8) is 0 Å². The Morgan fingerprint density at radius 3 is 2.62 bits per heavy atom. The summed E-state index contributed by atoms with van der Waals surface area (Å²) in [7, 11) is 0. The van der Waals surface area contributed by atoms with Gasteiger partial charge in [-0.25, -0.2) is 9.86 Å². The number of hydroxylamine groups is 2. The Morgan fingerprint density at radius 2 is 2.23 bits per heavy atom. The number of likely N-dealkylation sites (N-methyl/N-ethyl adjacent to an activating group) is 1. The summed E-state index contributed by atoms with van der Waals surface area (Å²) in [5.74, 6) is -1.34. The summed E-state index contributed by atoms with van der Waals surface area (Å²) in [6.45, 7) is 6.30. The zero-order valence-corrected chi connectivity index (χ0v) is 7.69. The van der Waals surface area contributed by atoms with Gasteiger partial charge in [-0.1, -0.05) is 6.58 Å². The van der Waals surface area contributed by atoms with E-state index in [1.165, 1.54) is 6.92 Å². The Bertz CT molecular complexity index is 214. The first kappa shape index (κ1) is 11.6. The van der Waals surface area contributed by atoms with Gasteiger partial charge in [-0.05, 0) is 13.8 Å². The first-order chi connectivity index (χ1) is 6.02. The second kappa shape index (κ2) is 5.31. The standard InChI is InChI=1S/C8H13NO4/c1-4-7(10)13-6(3)8(11)9(12)5-2/h4,6,12H,1,5H2,2-3H3. The van der Waals surface area contributed by atoms with Crippen molar-refractivity contribution in [2.75, 3.05) is 6.54 Å². The van der Waals surface area contributed by atoms with Crippen molar-refractivity contribution < 1.29 is 19.5 Å². The molecule has 0 radical (unpaired) electrons. The molecule has 0 aliphatic rings. The Labute approximate surface area is 76.5 Å². The fourth-order valence-electron chi connectivity index (χ4n) is 0.638. The molecule has 5 nitrogen and oxygen atoms in total. The lowest BCUT2D eigenvalue weighted by molar-refractivity contribution is -0.178. The maximum absolute atomic E-state index is 11.1. The largest absolute Gasteiger partial charge is 0.449 e. The van der Waals surface area contributed by atoms with Crippen LogP contribution < -0.4 is 0 Å². The quantitative estimate of drug-likeness (QED) is 0.298. The average molecular weight is 187 g/mol. The van der Waals surface area contributed by atoms with E-state index in [-0.39, 0.29) is 6.54 Å². The van der Waals surface area contributed by atoms with Crippen molar-refractivity contribution >= 4 is 11.9 Å². The molecule has 0 aromatic carbocycles. The second-order valence-electron chi connectivity index (χ2n) is 2.34. The van der Waals surface area contributed by atoms with Crippen molar-refractivity contribution in [3.8, 4) is 0 Å². The van der Waals surface area contributed by atoms with Crippen LogP contribution in [0, 0.1) is 0 Å². The van der Waals surface area contributed by atoms with E-state index in [9.17, 15) is 9.59 Å². The maximum atomic E-state index is 11.1. The van der Waals surface area contributed by atoms with Gasteiger partial charge in [0.05, 0.1) is 0 Å². The van der Waals surface area contributed by atoms with Gasteiger partial charge in [0.25, 0.3) is 5.91 Å². The summed E-state index contributed by atoms with van der Waals surface area (Å²) in [5.41, 5.74) is 0. The smallest absolute Gasteiger partial charge is 0.330 e. The minimum atomic E-state index is -0.990. The molecule has 0 saturated heterocycles. The minimum absolute atomic E-state index is 0.148. The van der Waals surface area contributed by atoms with Gasteiger partial charge < -0.3 is 4.74 Å². The number of hydrogen-bond donors (Lipinski definition) is 1. The van der Waals surface area contributed by atoms with Gasteiger partial charge in [0, 0.05) is 12.6 Å². The van der Waals surface area contributed by atoms with Crippen molar-refractivity contribution in [2.24, 2.45) is 0 Å². The molecule has 0 rings (SSSR count). The van der Waals surface area contributed by atoms with Crippen molar-refractivity contribution in [2.45, 2.75) is 20.0 Å². The summed E-state index contributed by atoms with van der Waals surface area (Å²) in [4.78, 5) is 21.7. The van der Waals surface area contributed by atoms with Crippen molar-refractivity contribution in [1.29, 1.82) is 0 Å². The zero-order chi connectivity index (χ0) is 10.4. The number of nitrogens with zero attached hydrogens (tertiary/aromatic N) is 1. The Kier molecular flexibility index (Phi) is 4.76. The van der Waals surface area contributed by atoms with Crippen molar-refractivity contribution in [1.82, 2.24) is 5.06 Å². The third kappa shape index (κ3) is 3.71. The van der Waals surface area contributed by atoms with Gasteiger partial charge in [-0.15, -0.1) is 0 Å². The summed E-state index contributed by atoms with van der Waals surface area (Å²) in [6.07, 6.45) is -0.0345. The molecule has 0 aliphatic carbocycles. The highest BCUT2D eigenvalue weighted by Crippen LogP contribution is 1.97. The van der Waals surface area contributed by atoms with Crippen molar-refractivity contribution in [3.05, 3.63) is 12.7 Å². The molecular weight excluding hydrogens is 174 g/mol. The Hall–Kier alpha value is -1.36. The fourth-order valence-corrected chi connectivity index (χ4v) is 0.638. The summed E-state index contributed by atoms with van der Waals surface area (Å²) >= 11 is 0. The van der Waals surface area contributed by atoms with Crippen LogP contribution in [0.1, 0.15) is 13.8 Å². The normalized spacial score (nSPS) is 11.6. The molecule has 74 valence electrons. The van der Waals surface area contributed by atoms with E-state index in [2.05, 4.69) is 11.3 Å². The molecule has 1 N–H and O–H groups in total. The number of rotatable bonds is 4. The van der Waals surface area contributed by atoms with Gasteiger partial charge in [0.1, 0.15) is 0 Å². The molecular formula is C8H13NO4. The van der Waals surface area contributed by atoms with Crippen LogP contribution in [-0.4, -0.2) is 34.8 Å². The highest BCUT2D eigenvalue weighted by Gasteiger charge is 2.20. The van der Waals surface area contributed by atoms with Gasteiger partial charge in [0.15, 0.2) is 6.10 Å². The third-order valence-electron chi connectivity index (χ3n) is 1.36.